The zero-order chi connectivity index (χ0) is 44.3. The van der Waals surface area contributed by atoms with Crippen LogP contribution in [0.15, 0.2) is 259 Å². The maximum atomic E-state index is 6.37. The van der Waals surface area contributed by atoms with E-state index < -0.39 is 0 Å². The molecular formula is C64H42N2O. The molecule has 314 valence electrons. The summed E-state index contributed by atoms with van der Waals surface area (Å²) < 4.78 is 8.78. The molecule has 3 heteroatoms. The number of furan rings is 1. The smallest absolute Gasteiger partial charge is 0.143 e. The maximum absolute atomic E-state index is 6.37. The number of rotatable bonds is 8. The van der Waals surface area contributed by atoms with Gasteiger partial charge in [0.2, 0.25) is 0 Å². The van der Waals surface area contributed by atoms with Crippen molar-refractivity contribution >= 4 is 71.6 Å². The topological polar surface area (TPSA) is 21.3 Å². The molecule has 0 atom stereocenters. The van der Waals surface area contributed by atoms with Crippen LogP contribution in [0, 0.1) is 0 Å². The molecule has 13 rings (SSSR count). The molecule has 11 aromatic carbocycles. The van der Waals surface area contributed by atoms with Gasteiger partial charge in [0.05, 0.1) is 22.4 Å². The summed E-state index contributed by atoms with van der Waals surface area (Å²) in [6.07, 6.45) is 0. The van der Waals surface area contributed by atoms with Crippen LogP contribution in [0.5, 0.6) is 0 Å². The van der Waals surface area contributed by atoms with Crippen molar-refractivity contribution in [3.05, 3.63) is 255 Å². The minimum atomic E-state index is 0.912. The SMILES string of the molecule is c1cc(-c2ccc(N(c3ccc(-c4ccc(-c5cccc6c5oc5ccccc56)cc4)cc3)c3cccc4ccccc34)cc2)cc(-c2ccccc2-n2c3ccccc3c3ccccc32)c1. The van der Waals surface area contributed by atoms with Crippen LogP contribution in [0.1, 0.15) is 0 Å². The van der Waals surface area contributed by atoms with Crippen LogP contribution in [0.3, 0.4) is 0 Å². The van der Waals surface area contributed by atoms with Crippen LogP contribution < -0.4 is 4.90 Å². The number of fused-ring (bicyclic) bond motifs is 7. The van der Waals surface area contributed by atoms with E-state index in [1.165, 1.54) is 49.3 Å². The normalized spacial score (nSPS) is 11.6. The van der Waals surface area contributed by atoms with Gasteiger partial charge in [0.1, 0.15) is 11.2 Å². The van der Waals surface area contributed by atoms with E-state index in [9.17, 15) is 0 Å². The minimum absolute atomic E-state index is 0.912. The Morgan fingerprint density at radius 1 is 0.313 bits per heavy atom. The van der Waals surface area contributed by atoms with Crippen LogP contribution in [0.4, 0.5) is 17.1 Å². The molecule has 2 aromatic heterocycles. The van der Waals surface area contributed by atoms with Crippen molar-refractivity contribution in [2.45, 2.75) is 0 Å². The Balaban J connectivity index is 0.840. The maximum Gasteiger partial charge on any atom is 0.143 e. The molecule has 67 heavy (non-hydrogen) atoms. The highest BCUT2D eigenvalue weighted by atomic mass is 16.3. The summed E-state index contributed by atoms with van der Waals surface area (Å²) in [6.45, 7) is 0. The first-order valence-corrected chi connectivity index (χ1v) is 22.9. The molecule has 0 aliphatic carbocycles. The average molecular weight is 855 g/mol. The lowest BCUT2D eigenvalue weighted by atomic mass is 9.97. The first-order chi connectivity index (χ1) is 33.2. The summed E-state index contributed by atoms with van der Waals surface area (Å²) in [4.78, 5) is 2.38. The van der Waals surface area contributed by atoms with Gasteiger partial charge in [0, 0.05) is 49.4 Å². The second-order valence-corrected chi connectivity index (χ2v) is 17.3. The molecule has 0 bridgehead atoms. The molecule has 0 saturated heterocycles. The Labute approximate surface area is 388 Å². The third kappa shape index (κ3) is 6.59. The van der Waals surface area contributed by atoms with Crippen LogP contribution in [-0.2, 0) is 0 Å². The van der Waals surface area contributed by atoms with Crippen LogP contribution in [-0.4, -0.2) is 4.57 Å². The Kier molecular flexibility index (Phi) is 9.17. The lowest BCUT2D eigenvalue weighted by molar-refractivity contribution is 0.670. The molecule has 0 radical (unpaired) electrons. The average Bonchev–Trinajstić information content (AvgIpc) is 3.96. The molecule has 0 amide bonds. The summed E-state index contributed by atoms with van der Waals surface area (Å²) in [6, 6.07) is 91.8. The largest absolute Gasteiger partial charge is 0.455 e. The van der Waals surface area contributed by atoms with Crippen LogP contribution in [0.25, 0.3) is 105 Å². The lowest BCUT2D eigenvalue weighted by Gasteiger charge is -2.27. The number of nitrogens with zero attached hydrogens (tertiary/aromatic N) is 2. The number of aromatic nitrogens is 1. The van der Waals surface area contributed by atoms with Crippen LogP contribution >= 0.6 is 0 Å². The summed E-state index contributed by atoms with van der Waals surface area (Å²) >= 11 is 0. The van der Waals surface area contributed by atoms with Crippen molar-refractivity contribution in [1.29, 1.82) is 0 Å². The molecule has 2 heterocycles. The molecule has 0 unspecified atom stereocenters. The highest BCUT2D eigenvalue weighted by Crippen LogP contribution is 2.42. The van der Waals surface area contributed by atoms with Crippen LogP contribution in [0.2, 0.25) is 0 Å². The predicted molar refractivity (Wildman–Crippen MR) is 282 cm³/mol. The van der Waals surface area contributed by atoms with Crippen molar-refractivity contribution in [2.75, 3.05) is 4.90 Å². The first kappa shape index (κ1) is 38.5. The predicted octanol–water partition coefficient (Wildman–Crippen LogP) is 18.0. The first-order valence-electron chi connectivity index (χ1n) is 22.9. The molecule has 13 aromatic rings. The zero-order valence-corrected chi connectivity index (χ0v) is 36.6. The minimum Gasteiger partial charge on any atom is -0.455 e. The van der Waals surface area contributed by atoms with E-state index in [1.807, 2.05) is 12.1 Å². The third-order valence-corrected chi connectivity index (χ3v) is 13.4. The fraction of sp³-hybridized carbons (Fsp3) is 0. The number of hydrogen-bond acceptors (Lipinski definition) is 2. The summed E-state index contributed by atoms with van der Waals surface area (Å²) in [5, 5.41) is 7.20. The number of anilines is 3. The van der Waals surface area contributed by atoms with Gasteiger partial charge in [-0.2, -0.15) is 0 Å². The van der Waals surface area contributed by atoms with E-state index in [2.05, 4.69) is 252 Å². The Hall–Kier alpha value is -8.92. The Morgan fingerprint density at radius 3 is 1.54 bits per heavy atom. The highest BCUT2D eigenvalue weighted by molar-refractivity contribution is 6.11. The van der Waals surface area contributed by atoms with Crippen molar-refractivity contribution in [1.82, 2.24) is 4.57 Å². The molecular weight excluding hydrogens is 813 g/mol. The van der Waals surface area contributed by atoms with Gasteiger partial charge in [-0.15, -0.1) is 0 Å². The van der Waals surface area contributed by atoms with Crippen molar-refractivity contribution < 1.29 is 4.42 Å². The van der Waals surface area contributed by atoms with Crippen molar-refractivity contribution in [2.24, 2.45) is 0 Å². The molecule has 0 spiro atoms. The summed E-state index contributed by atoms with van der Waals surface area (Å²) in [5.41, 5.74) is 18.0. The summed E-state index contributed by atoms with van der Waals surface area (Å²) in [5.74, 6) is 0. The number of benzene rings is 11. The summed E-state index contributed by atoms with van der Waals surface area (Å²) in [7, 11) is 0. The van der Waals surface area contributed by atoms with E-state index in [1.54, 1.807) is 0 Å². The standard InChI is InChI=1S/C64H42N2O/c1-2-18-52-46(14-1)15-12-28-59(52)65(50-38-34-44(35-39-50)43-30-32-47(33-31-43)54-23-13-24-58-57-22-6-10-29-63(57)67-64(54)58)51-40-36-45(37-41-51)48-16-11-17-49(42-48)53-19-3-7-25-60(53)66-61-26-8-4-20-55(61)56-21-5-9-27-62(56)66/h1-42H. The van der Waals surface area contributed by atoms with E-state index in [-0.39, 0.29) is 0 Å². The zero-order valence-electron chi connectivity index (χ0n) is 36.6. The van der Waals surface area contributed by atoms with E-state index >= 15 is 0 Å². The van der Waals surface area contributed by atoms with Gasteiger partial charge in [-0.1, -0.05) is 194 Å². The quantitative estimate of drug-likeness (QED) is 0.152. The van der Waals surface area contributed by atoms with E-state index in [0.717, 1.165) is 72.5 Å². The monoisotopic (exact) mass is 854 g/mol. The van der Waals surface area contributed by atoms with Gasteiger partial charge in [0.25, 0.3) is 0 Å². The fourth-order valence-corrected chi connectivity index (χ4v) is 10.2. The van der Waals surface area contributed by atoms with Gasteiger partial charge < -0.3 is 13.9 Å². The second-order valence-electron chi connectivity index (χ2n) is 17.3. The molecule has 3 nitrogen and oxygen atoms in total. The van der Waals surface area contributed by atoms with Gasteiger partial charge in [-0.25, -0.2) is 0 Å². The third-order valence-electron chi connectivity index (χ3n) is 13.4. The Bertz CT molecular complexity index is 3910. The van der Waals surface area contributed by atoms with Crippen molar-refractivity contribution in [3.63, 3.8) is 0 Å². The molecule has 0 saturated carbocycles. The number of hydrogen-bond donors (Lipinski definition) is 0. The molecule has 0 N–H and O–H groups in total. The van der Waals surface area contributed by atoms with E-state index in [4.69, 9.17) is 4.42 Å². The van der Waals surface area contributed by atoms with Gasteiger partial charge in [0.15, 0.2) is 0 Å². The Morgan fingerprint density at radius 2 is 0.806 bits per heavy atom. The molecule has 0 fully saturated rings. The van der Waals surface area contributed by atoms with E-state index in [0.29, 0.717) is 0 Å². The van der Waals surface area contributed by atoms with Gasteiger partial charge in [-0.3, -0.25) is 0 Å². The second kappa shape index (κ2) is 16.0. The molecule has 0 aliphatic heterocycles. The molecule has 0 aliphatic rings. The highest BCUT2D eigenvalue weighted by Gasteiger charge is 2.19. The fourth-order valence-electron chi connectivity index (χ4n) is 10.2. The number of para-hydroxylation sites is 5. The van der Waals surface area contributed by atoms with Gasteiger partial charge in [-0.05, 0) is 99.4 Å². The van der Waals surface area contributed by atoms with Gasteiger partial charge >= 0.3 is 0 Å². The lowest BCUT2D eigenvalue weighted by Crippen LogP contribution is -2.10. The van der Waals surface area contributed by atoms with Crippen molar-refractivity contribution in [3.8, 4) is 50.2 Å².